The third kappa shape index (κ3) is 9.15. The predicted octanol–water partition coefficient (Wildman–Crippen LogP) is 15.9. The lowest BCUT2D eigenvalue weighted by molar-refractivity contribution is -0.258. The molecule has 4 aliphatic rings. The van der Waals surface area contributed by atoms with Crippen molar-refractivity contribution in [3.8, 4) is 11.4 Å². The number of fused-ring (bicyclic) bond motifs is 8. The van der Waals surface area contributed by atoms with E-state index in [1.165, 1.54) is 36.4 Å². The van der Waals surface area contributed by atoms with Gasteiger partial charge in [-0.3, -0.25) is 0 Å². The predicted molar refractivity (Wildman–Crippen MR) is 288 cm³/mol. The van der Waals surface area contributed by atoms with Crippen molar-refractivity contribution in [1.82, 2.24) is 19.6 Å². The molecule has 404 valence electrons. The Morgan fingerprint density at radius 1 is 0.538 bits per heavy atom. The Morgan fingerprint density at radius 3 is 1.26 bits per heavy atom. The minimum Gasteiger partial charge on any atom is -0.376 e. The summed E-state index contributed by atoms with van der Waals surface area (Å²) in [6.07, 6.45) is 2.08. The summed E-state index contributed by atoms with van der Waals surface area (Å²) in [4.78, 5) is 0. The molecule has 8 aromatic rings. The highest BCUT2D eigenvalue weighted by molar-refractivity contribution is 5.84. The Balaban J connectivity index is 0.000000165. The fraction of sp³-hybridized carbons (Fsp3) is 0.344. The number of nitrogens with zero attached hydrogens (tertiary/aromatic N) is 4. The summed E-state index contributed by atoms with van der Waals surface area (Å²) in [5, 5.41) is 33.5. The van der Waals surface area contributed by atoms with Crippen molar-refractivity contribution < 1.29 is 45.3 Å². The first-order valence-electron chi connectivity index (χ1n) is 26.9. The maximum absolute atomic E-state index is 14.5. The molecule has 0 bridgehead atoms. The molecule has 14 heteroatoms. The fourth-order valence-corrected chi connectivity index (χ4v) is 13.9. The topological polar surface area (TPSA) is 76.1 Å². The van der Waals surface area contributed by atoms with Crippen LogP contribution in [0.4, 0.5) is 35.1 Å². The second-order valence-corrected chi connectivity index (χ2v) is 22.0. The van der Waals surface area contributed by atoms with Crippen molar-refractivity contribution in [1.29, 1.82) is 0 Å². The average Bonchev–Trinajstić information content (AvgIpc) is 3.91. The number of benzene rings is 6. The van der Waals surface area contributed by atoms with Gasteiger partial charge in [-0.15, -0.1) is 0 Å². The normalized spacial score (nSPS) is 26.3. The van der Waals surface area contributed by atoms with Gasteiger partial charge in [0.2, 0.25) is 0 Å². The molecule has 6 atom stereocenters. The van der Waals surface area contributed by atoms with Crippen LogP contribution in [-0.4, -0.2) is 53.3 Å². The number of aliphatic hydroxyl groups is 2. The van der Waals surface area contributed by atoms with Crippen LogP contribution in [0.2, 0.25) is 0 Å². The largest absolute Gasteiger partial charge is 0.421 e. The fourth-order valence-electron chi connectivity index (χ4n) is 13.9. The maximum Gasteiger partial charge on any atom is 0.421 e. The van der Waals surface area contributed by atoms with Gasteiger partial charge in [-0.25, -0.2) is 18.1 Å². The number of aryl methyl sites for hydroxylation is 2. The van der Waals surface area contributed by atoms with Crippen LogP contribution < -0.4 is 0 Å². The molecule has 6 aromatic carbocycles. The highest BCUT2D eigenvalue weighted by Crippen LogP contribution is 2.61. The van der Waals surface area contributed by atoms with Gasteiger partial charge in [0, 0.05) is 21.6 Å². The molecule has 12 rings (SSSR count). The minimum atomic E-state index is -4.77. The van der Waals surface area contributed by atoms with Crippen LogP contribution in [0, 0.1) is 23.5 Å². The number of rotatable bonds is 6. The molecular formula is C64H60F8N4O2. The summed E-state index contributed by atoms with van der Waals surface area (Å²) in [7, 11) is 0. The van der Waals surface area contributed by atoms with E-state index >= 15 is 0 Å². The highest BCUT2D eigenvalue weighted by atomic mass is 19.4. The van der Waals surface area contributed by atoms with Crippen molar-refractivity contribution >= 4 is 34.0 Å². The molecule has 78 heavy (non-hydrogen) atoms. The minimum absolute atomic E-state index is 0.0225. The van der Waals surface area contributed by atoms with Crippen LogP contribution in [0.25, 0.3) is 45.3 Å². The monoisotopic (exact) mass is 1070 g/mol. The third-order valence-electron chi connectivity index (χ3n) is 18.0. The van der Waals surface area contributed by atoms with Gasteiger partial charge in [0.05, 0.1) is 34.8 Å². The molecule has 2 saturated carbocycles. The molecular weight excluding hydrogens is 1010 g/mol. The van der Waals surface area contributed by atoms with Gasteiger partial charge in [-0.2, -0.15) is 36.5 Å². The summed E-state index contributed by atoms with van der Waals surface area (Å²) in [5.41, 5.74) is 2.07. The van der Waals surface area contributed by atoms with Gasteiger partial charge in [-0.1, -0.05) is 86.7 Å². The van der Waals surface area contributed by atoms with Crippen molar-refractivity contribution in [3.05, 3.63) is 202 Å². The van der Waals surface area contributed by atoms with Crippen LogP contribution in [0.15, 0.2) is 157 Å². The Morgan fingerprint density at radius 2 is 0.910 bits per heavy atom. The van der Waals surface area contributed by atoms with Crippen molar-refractivity contribution in [2.75, 3.05) is 0 Å². The van der Waals surface area contributed by atoms with E-state index in [1.54, 1.807) is 94.6 Å². The molecule has 0 amide bonds. The Labute approximate surface area is 447 Å². The van der Waals surface area contributed by atoms with Crippen LogP contribution in [0.3, 0.4) is 0 Å². The Kier molecular flexibility index (Phi) is 13.7. The second-order valence-electron chi connectivity index (χ2n) is 22.0. The first kappa shape index (κ1) is 53.1. The number of hydrogen-bond donors (Lipinski definition) is 2. The lowest BCUT2D eigenvalue weighted by atomic mass is 9.55. The van der Waals surface area contributed by atoms with Gasteiger partial charge in [0.25, 0.3) is 0 Å². The molecule has 0 spiro atoms. The van der Waals surface area contributed by atoms with E-state index in [0.717, 1.165) is 81.1 Å². The molecule has 0 aliphatic heterocycles. The van der Waals surface area contributed by atoms with Gasteiger partial charge >= 0.3 is 12.4 Å². The smallest absolute Gasteiger partial charge is 0.376 e. The van der Waals surface area contributed by atoms with E-state index in [0.29, 0.717) is 36.8 Å². The number of halogens is 8. The van der Waals surface area contributed by atoms with Crippen LogP contribution in [-0.2, 0) is 23.7 Å². The van der Waals surface area contributed by atoms with Gasteiger partial charge in [0.15, 0.2) is 11.2 Å². The highest BCUT2D eigenvalue weighted by Gasteiger charge is 2.64. The van der Waals surface area contributed by atoms with E-state index in [4.69, 9.17) is 0 Å². The van der Waals surface area contributed by atoms with Crippen LogP contribution in [0.5, 0.6) is 0 Å². The van der Waals surface area contributed by atoms with Gasteiger partial charge in [-0.05, 0) is 206 Å². The Hall–Kier alpha value is -6.90. The lowest BCUT2D eigenvalue weighted by Crippen LogP contribution is -2.56. The molecule has 6 nitrogen and oxygen atoms in total. The first-order chi connectivity index (χ1) is 37.3. The molecule has 2 N–H and O–H groups in total. The molecule has 2 fully saturated rings. The van der Waals surface area contributed by atoms with Crippen molar-refractivity contribution in [2.24, 2.45) is 11.8 Å². The Bertz CT molecular complexity index is 3320. The van der Waals surface area contributed by atoms with E-state index in [9.17, 15) is 45.3 Å². The number of alkyl halides is 6. The summed E-state index contributed by atoms with van der Waals surface area (Å²) in [5.74, 6) is -1.30. The molecule has 0 radical (unpaired) electrons. The SMILES string of the molecule is CC[C@@]12C/C(=C\c3ccccc3)[C@](O)(C(F)(F)F)C[C@H]1CCCc1cc3c(cnn3-c3ccc(F)cc3)cc12.CC[C@]12C/C(=C\c3ccccc3)[C@@](O)(C(F)(F)F)C[C@@H]1CCCc1cc3c(cnn3-c3ccc(F)cc3)cc12. The summed E-state index contributed by atoms with van der Waals surface area (Å²) >= 11 is 0. The third-order valence-corrected chi connectivity index (χ3v) is 18.0. The standard InChI is InChI=1S/2C32H30F4N2O/c2*1-2-30-18-25(15-21-7-4-3-5-8-21)31(39,32(34,35)36)19-24(30)10-6-9-22-17-29-23(16-28(22)30)20-37-38(29)27-13-11-26(33)12-14-27/h2*3-5,7-8,11-17,20,24,39H,2,6,9-10,18-19H2,1H3/b2*25-15+/t2*24-,30-,31+/m10/s1. The van der Waals surface area contributed by atoms with Crippen molar-refractivity contribution in [2.45, 2.75) is 125 Å². The molecule has 0 saturated heterocycles. The number of aromatic nitrogens is 4. The first-order valence-corrected chi connectivity index (χ1v) is 26.9. The van der Waals surface area contributed by atoms with E-state index in [-0.39, 0.29) is 60.3 Å². The van der Waals surface area contributed by atoms with E-state index in [1.807, 2.05) is 26.0 Å². The van der Waals surface area contributed by atoms with Crippen LogP contribution in [0.1, 0.15) is 111 Å². The zero-order valence-electron chi connectivity index (χ0n) is 43.4. The van der Waals surface area contributed by atoms with Crippen molar-refractivity contribution in [3.63, 3.8) is 0 Å². The molecule has 0 unspecified atom stereocenters. The zero-order chi connectivity index (χ0) is 54.8. The lowest BCUT2D eigenvalue weighted by Gasteiger charge is -2.51. The second kappa shape index (κ2) is 20.1. The quantitative estimate of drug-likeness (QED) is 0.163. The summed E-state index contributed by atoms with van der Waals surface area (Å²) in [6.45, 7) is 4.10. The zero-order valence-corrected chi connectivity index (χ0v) is 43.4. The van der Waals surface area contributed by atoms with E-state index < -0.39 is 34.4 Å². The number of hydrogen-bond acceptors (Lipinski definition) is 4. The molecule has 2 aromatic heterocycles. The summed E-state index contributed by atoms with van der Waals surface area (Å²) < 4.78 is 118. The molecule has 4 aliphatic carbocycles. The van der Waals surface area contributed by atoms with Gasteiger partial charge < -0.3 is 10.2 Å². The average molecular weight is 1070 g/mol. The summed E-state index contributed by atoms with van der Waals surface area (Å²) in [6, 6.07) is 38.6. The van der Waals surface area contributed by atoms with E-state index in [2.05, 4.69) is 34.5 Å². The van der Waals surface area contributed by atoms with Gasteiger partial charge in [0.1, 0.15) is 11.6 Å². The molecule has 2 heterocycles. The van der Waals surface area contributed by atoms with Crippen LogP contribution >= 0.6 is 0 Å². The maximum atomic E-state index is 14.5.